The van der Waals surface area contributed by atoms with E-state index in [1.54, 1.807) is 6.92 Å². The van der Waals surface area contributed by atoms with E-state index in [-0.39, 0.29) is 11.2 Å². The van der Waals surface area contributed by atoms with E-state index in [0.29, 0.717) is 6.42 Å². The van der Waals surface area contributed by atoms with E-state index >= 15 is 0 Å². The summed E-state index contributed by atoms with van der Waals surface area (Å²) in [4.78, 5) is 11.3. The molecule has 0 heterocycles. The Morgan fingerprint density at radius 1 is 1.27 bits per heavy atom. The number of benzene rings is 1. The fraction of sp³-hybridized carbons (Fsp3) is 0.500. The van der Waals surface area contributed by atoms with E-state index in [1.165, 1.54) is 5.56 Å². The van der Waals surface area contributed by atoms with Crippen LogP contribution in [0.15, 0.2) is 30.3 Å². The minimum atomic E-state index is 0.0157. The molecule has 1 heteroatoms. The van der Waals surface area contributed by atoms with E-state index in [4.69, 9.17) is 0 Å². The molecule has 0 spiro atoms. The molecule has 0 saturated heterocycles. The van der Waals surface area contributed by atoms with Gasteiger partial charge in [0.2, 0.25) is 0 Å². The van der Waals surface area contributed by atoms with Crippen LogP contribution in [0.2, 0.25) is 0 Å². The lowest BCUT2D eigenvalue weighted by Gasteiger charge is -2.28. The van der Waals surface area contributed by atoms with Gasteiger partial charge >= 0.3 is 0 Å². The number of rotatable bonds is 5. The van der Waals surface area contributed by atoms with E-state index < -0.39 is 0 Å². The summed E-state index contributed by atoms with van der Waals surface area (Å²) >= 11 is 0. The lowest BCUT2D eigenvalue weighted by molar-refractivity contribution is -0.118. The topological polar surface area (TPSA) is 17.1 Å². The van der Waals surface area contributed by atoms with Crippen molar-refractivity contribution in [2.45, 2.75) is 45.4 Å². The van der Waals surface area contributed by atoms with Crippen LogP contribution in [0.25, 0.3) is 0 Å². The second kappa shape index (κ2) is 5.11. The van der Waals surface area contributed by atoms with Crippen molar-refractivity contribution in [2.24, 2.45) is 0 Å². The molecule has 1 aromatic rings. The summed E-state index contributed by atoms with van der Waals surface area (Å²) in [5, 5.41) is 0. The largest absolute Gasteiger partial charge is 0.300 e. The minimum Gasteiger partial charge on any atom is -0.300 e. The third kappa shape index (κ3) is 3.19. The molecule has 1 aromatic carbocycles. The molecule has 1 unspecified atom stereocenters. The molecule has 1 nitrogen and oxygen atoms in total. The molecule has 1 atom stereocenters. The number of ketones is 1. The first-order valence-corrected chi connectivity index (χ1v) is 5.63. The van der Waals surface area contributed by atoms with Crippen LogP contribution in [0, 0.1) is 0 Å². The molecule has 0 aliphatic carbocycles. The van der Waals surface area contributed by atoms with E-state index in [0.717, 1.165) is 12.8 Å². The van der Waals surface area contributed by atoms with Gasteiger partial charge in [0.1, 0.15) is 5.78 Å². The van der Waals surface area contributed by atoms with Gasteiger partial charge in [-0.15, -0.1) is 0 Å². The van der Waals surface area contributed by atoms with Crippen LogP contribution in [0.4, 0.5) is 0 Å². The van der Waals surface area contributed by atoms with Crippen LogP contribution >= 0.6 is 0 Å². The van der Waals surface area contributed by atoms with Crippen molar-refractivity contribution in [3.8, 4) is 0 Å². The Kier molecular flexibility index (Phi) is 4.07. The van der Waals surface area contributed by atoms with Crippen molar-refractivity contribution in [3.05, 3.63) is 35.9 Å². The molecule has 1 rings (SSSR count). The highest BCUT2D eigenvalue weighted by Gasteiger charge is 2.26. The number of carbonyl (C=O) groups excluding carboxylic acids is 1. The Hall–Kier alpha value is -1.11. The van der Waals surface area contributed by atoms with Crippen molar-refractivity contribution in [1.82, 2.24) is 0 Å². The predicted octanol–water partition coefficient (Wildman–Crippen LogP) is 3.72. The minimum absolute atomic E-state index is 0.0157. The average molecular weight is 204 g/mol. The molecule has 0 aromatic heterocycles. The van der Waals surface area contributed by atoms with Gasteiger partial charge in [-0.1, -0.05) is 50.6 Å². The Bertz CT molecular complexity index is 315. The van der Waals surface area contributed by atoms with Gasteiger partial charge in [-0.2, -0.15) is 0 Å². The molecule has 82 valence electrons. The van der Waals surface area contributed by atoms with Crippen LogP contribution in [-0.4, -0.2) is 5.78 Å². The van der Waals surface area contributed by atoms with E-state index in [9.17, 15) is 4.79 Å². The van der Waals surface area contributed by atoms with Gasteiger partial charge in [-0.3, -0.25) is 4.79 Å². The number of hydrogen-bond donors (Lipinski definition) is 0. The summed E-state index contributed by atoms with van der Waals surface area (Å²) in [6.07, 6.45) is 2.82. The van der Waals surface area contributed by atoms with Crippen LogP contribution in [0.1, 0.15) is 45.6 Å². The maximum absolute atomic E-state index is 11.3. The molecule has 0 N–H and O–H groups in total. The van der Waals surface area contributed by atoms with Crippen molar-refractivity contribution < 1.29 is 4.79 Å². The smallest absolute Gasteiger partial charge is 0.130 e. The highest BCUT2D eigenvalue weighted by atomic mass is 16.1. The lowest BCUT2D eigenvalue weighted by Crippen LogP contribution is -2.24. The molecular weight excluding hydrogens is 184 g/mol. The fourth-order valence-electron chi connectivity index (χ4n) is 2.28. The SMILES string of the molecule is CCCC(C)(CC(C)=O)c1ccccc1. The fourth-order valence-corrected chi connectivity index (χ4v) is 2.28. The highest BCUT2D eigenvalue weighted by Crippen LogP contribution is 2.32. The number of carbonyl (C=O) groups is 1. The molecule has 0 bridgehead atoms. The Morgan fingerprint density at radius 3 is 2.33 bits per heavy atom. The third-order valence-corrected chi connectivity index (χ3v) is 2.91. The van der Waals surface area contributed by atoms with Crippen LogP contribution in [0.5, 0.6) is 0 Å². The van der Waals surface area contributed by atoms with Crippen molar-refractivity contribution >= 4 is 5.78 Å². The maximum Gasteiger partial charge on any atom is 0.130 e. The highest BCUT2D eigenvalue weighted by molar-refractivity contribution is 5.77. The zero-order valence-corrected chi connectivity index (χ0v) is 9.92. The van der Waals surface area contributed by atoms with Crippen molar-refractivity contribution in [3.63, 3.8) is 0 Å². The number of Topliss-reactive ketones (excluding diaryl/α,β-unsaturated/α-hetero) is 1. The predicted molar refractivity (Wildman–Crippen MR) is 64.0 cm³/mol. The van der Waals surface area contributed by atoms with Crippen molar-refractivity contribution in [1.29, 1.82) is 0 Å². The molecule has 0 radical (unpaired) electrons. The zero-order valence-electron chi connectivity index (χ0n) is 9.92. The summed E-state index contributed by atoms with van der Waals surface area (Å²) in [6, 6.07) is 10.4. The summed E-state index contributed by atoms with van der Waals surface area (Å²) in [7, 11) is 0. The molecular formula is C14H20O. The molecule has 15 heavy (non-hydrogen) atoms. The van der Waals surface area contributed by atoms with E-state index in [2.05, 4.69) is 26.0 Å². The molecule has 0 amide bonds. The van der Waals surface area contributed by atoms with Crippen LogP contribution < -0.4 is 0 Å². The Morgan fingerprint density at radius 2 is 1.87 bits per heavy atom. The van der Waals surface area contributed by atoms with Gasteiger partial charge in [-0.25, -0.2) is 0 Å². The van der Waals surface area contributed by atoms with Gasteiger partial charge in [0, 0.05) is 6.42 Å². The van der Waals surface area contributed by atoms with Crippen LogP contribution in [-0.2, 0) is 10.2 Å². The Labute approximate surface area is 92.5 Å². The molecule has 0 fully saturated rings. The first-order valence-electron chi connectivity index (χ1n) is 5.63. The van der Waals surface area contributed by atoms with Crippen molar-refractivity contribution in [2.75, 3.05) is 0 Å². The first-order chi connectivity index (χ1) is 7.08. The van der Waals surface area contributed by atoms with Gasteiger partial charge in [0.25, 0.3) is 0 Å². The molecule has 0 saturated carbocycles. The Balaban J connectivity index is 2.95. The van der Waals surface area contributed by atoms with Gasteiger partial charge in [0.05, 0.1) is 0 Å². The summed E-state index contributed by atoms with van der Waals surface area (Å²) < 4.78 is 0. The van der Waals surface area contributed by atoms with Gasteiger partial charge < -0.3 is 0 Å². The van der Waals surface area contributed by atoms with Gasteiger partial charge in [0.15, 0.2) is 0 Å². The summed E-state index contributed by atoms with van der Waals surface area (Å²) in [5.74, 6) is 0.273. The first kappa shape index (κ1) is 12.0. The number of hydrogen-bond acceptors (Lipinski definition) is 1. The quantitative estimate of drug-likeness (QED) is 0.714. The molecule has 0 aliphatic rings. The van der Waals surface area contributed by atoms with Crippen LogP contribution in [0.3, 0.4) is 0 Å². The normalized spacial score (nSPS) is 14.6. The standard InChI is InChI=1S/C14H20O/c1-4-10-14(3,11-12(2)15)13-8-6-5-7-9-13/h5-9H,4,10-11H2,1-3H3. The average Bonchev–Trinajstić information content (AvgIpc) is 2.18. The van der Waals surface area contributed by atoms with Gasteiger partial charge in [-0.05, 0) is 24.3 Å². The summed E-state index contributed by atoms with van der Waals surface area (Å²) in [6.45, 7) is 6.03. The monoisotopic (exact) mass is 204 g/mol. The maximum atomic E-state index is 11.3. The second-order valence-electron chi connectivity index (χ2n) is 4.56. The zero-order chi connectivity index (χ0) is 11.3. The van der Waals surface area contributed by atoms with E-state index in [1.807, 2.05) is 18.2 Å². The molecule has 0 aliphatic heterocycles. The third-order valence-electron chi connectivity index (χ3n) is 2.91. The summed E-state index contributed by atoms with van der Waals surface area (Å²) in [5.41, 5.74) is 1.30. The second-order valence-corrected chi connectivity index (χ2v) is 4.56. The lowest BCUT2D eigenvalue weighted by atomic mass is 9.75.